The molecule has 0 saturated carbocycles. The summed E-state index contributed by atoms with van der Waals surface area (Å²) in [5, 5.41) is 12.7. The first-order valence-electron chi connectivity index (χ1n) is 11.3. The first-order chi connectivity index (χ1) is 16.6. The van der Waals surface area contributed by atoms with Crippen molar-refractivity contribution in [2.45, 2.75) is 12.3 Å². The number of para-hydroxylation sites is 2. The molecule has 2 aromatic carbocycles. The van der Waals surface area contributed by atoms with Gasteiger partial charge in [0.25, 0.3) is 0 Å². The number of benzene rings is 2. The highest BCUT2D eigenvalue weighted by Crippen LogP contribution is 2.29. The maximum absolute atomic E-state index is 13.3. The van der Waals surface area contributed by atoms with E-state index in [4.69, 9.17) is 14.7 Å². The lowest BCUT2D eigenvalue weighted by Crippen LogP contribution is -2.47. The largest absolute Gasteiger partial charge is 0.385 e. The van der Waals surface area contributed by atoms with Crippen molar-refractivity contribution >= 4 is 28.4 Å². The van der Waals surface area contributed by atoms with Crippen LogP contribution in [-0.4, -0.2) is 62.3 Å². The molecule has 9 heteroatoms. The van der Waals surface area contributed by atoms with Gasteiger partial charge in [-0.05, 0) is 42.8 Å². The number of fused-ring (bicyclic) bond motifs is 1. The number of anilines is 2. The van der Waals surface area contributed by atoms with Gasteiger partial charge in [-0.2, -0.15) is 5.26 Å². The zero-order valence-electron chi connectivity index (χ0n) is 19.1. The van der Waals surface area contributed by atoms with Crippen molar-refractivity contribution in [3.8, 4) is 6.07 Å². The second-order valence-electron chi connectivity index (χ2n) is 8.07. The SMILES string of the molecule is COCCCNC(=O)[C@@H](C#N)c1nc2ccccc2nc1N1CCN(c2ccc(F)cc2)CC1. The van der Waals surface area contributed by atoms with E-state index in [1.165, 1.54) is 12.1 Å². The Bertz CT molecular complexity index is 1170. The zero-order valence-corrected chi connectivity index (χ0v) is 19.1. The molecule has 176 valence electrons. The maximum Gasteiger partial charge on any atom is 0.243 e. The monoisotopic (exact) mass is 462 g/mol. The van der Waals surface area contributed by atoms with Crippen LogP contribution < -0.4 is 15.1 Å². The van der Waals surface area contributed by atoms with Crippen LogP contribution in [0.5, 0.6) is 0 Å². The first kappa shape index (κ1) is 23.4. The lowest BCUT2D eigenvalue weighted by Gasteiger charge is -2.37. The summed E-state index contributed by atoms with van der Waals surface area (Å²) in [5.41, 5.74) is 2.66. The fourth-order valence-corrected chi connectivity index (χ4v) is 4.03. The molecule has 34 heavy (non-hydrogen) atoms. The predicted octanol–water partition coefficient (Wildman–Crippen LogP) is 2.86. The summed E-state index contributed by atoms with van der Waals surface area (Å²) < 4.78 is 18.3. The normalized spacial score (nSPS) is 14.6. The van der Waals surface area contributed by atoms with Crippen LogP contribution in [0.2, 0.25) is 0 Å². The number of rotatable bonds is 8. The third-order valence-corrected chi connectivity index (χ3v) is 5.84. The molecule has 1 N–H and O–H groups in total. The van der Waals surface area contributed by atoms with Crippen molar-refractivity contribution in [3.05, 3.63) is 60.0 Å². The molecule has 1 atom stereocenters. The first-order valence-corrected chi connectivity index (χ1v) is 11.3. The van der Waals surface area contributed by atoms with Crippen LogP contribution in [0, 0.1) is 17.1 Å². The van der Waals surface area contributed by atoms with E-state index < -0.39 is 11.8 Å². The number of ether oxygens (including phenoxy) is 1. The minimum absolute atomic E-state index is 0.262. The molecular weight excluding hydrogens is 435 g/mol. The Kier molecular flexibility index (Phi) is 7.50. The number of carbonyl (C=O) groups is 1. The van der Waals surface area contributed by atoms with Gasteiger partial charge in [0.2, 0.25) is 5.91 Å². The number of aromatic nitrogens is 2. The molecule has 0 aliphatic carbocycles. The van der Waals surface area contributed by atoms with E-state index >= 15 is 0 Å². The molecule has 4 rings (SSSR count). The molecule has 1 aromatic heterocycles. The lowest BCUT2D eigenvalue weighted by atomic mass is 10.0. The Morgan fingerprint density at radius 2 is 1.74 bits per heavy atom. The molecule has 0 radical (unpaired) electrons. The van der Waals surface area contributed by atoms with Crippen LogP contribution >= 0.6 is 0 Å². The highest BCUT2D eigenvalue weighted by atomic mass is 19.1. The van der Waals surface area contributed by atoms with Gasteiger partial charge in [-0.25, -0.2) is 14.4 Å². The van der Waals surface area contributed by atoms with Crippen LogP contribution in [0.25, 0.3) is 11.0 Å². The summed E-state index contributed by atoms with van der Waals surface area (Å²) in [7, 11) is 1.60. The fraction of sp³-hybridized carbons (Fsp3) is 0.360. The minimum Gasteiger partial charge on any atom is -0.385 e. The second kappa shape index (κ2) is 10.9. The molecule has 1 fully saturated rings. The van der Waals surface area contributed by atoms with Gasteiger partial charge < -0.3 is 19.9 Å². The van der Waals surface area contributed by atoms with Crippen molar-refractivity contribution in [2.24, 2.45) is 0 Å². The number of carbonyl (C=O) groups excluding carboxylic acids is 1. The molecule has 1 aliphatic heterocycles. The Balaban J connectivity index is 1.59. The molecule has 3 aromatic rings. The van der Waals surface area contributed by atoms with E-state index in [1.807, 2.05) is 24.3 Å². The number of piperazine rings is 1. The maximum atomic E-state index is 13.3. The number of nitrogens with one attached hydrogen (secondary N) is 1. The van der Waals surface area contributed by atoms with E-state index in [0.29, 0.717) is 68.3 Å². The van der Waals surface area contributed by atoms with E-state index in [0.717, 1.165) is 5.69 Å². The van der Waals surface area contributed by atoms with Gasteiger partial charge in [0, 0.05) is 52.1 Å². The van der Waals surface area contributed by atoms with Crippen molar-refractivity contribution in [2.75, 3.05) is 56.2 Å². The molecule has 1 aliphatic rings. The molecule has 8 nitrogen and oxygen atoms in total. The van der Waals surface area contributed by atoms with E-state index in [-0.39, 0.29) is 5.82 Å². The predicted molar refractivity (Wildman–Crippen MR) is 128 cm³/mol. The van der Waals surface area contributed by atoms with Gasteiger partial charge in [0.05, 0.1) is 17.1 Å². The summed E-state index contributed by atoms with van der Waals surface area (Å²) in [4.78, 5) is 26.6. The fourth-order valence-electron chi connectivity index (χ4n) is 4.03. The average Bonchev–Trinajstić information content (AvgIpc) is 2.87. The summed E-state index contributed by atoms with van der Waals surface area (Å²) in [6.45, 7) is 3.59. The van der Waals surface area contributed by atoms with Crippen molar-refractivity contribution in [1.82, 2.24) is 15.3 Å². The van der Waals surface area contributed by atoms with E-state index in [1.54, 1.807) is 19.2 Å². The summed E-state index contributed by atoms with van der Waals surface area (Å²) in [6, 6.07) is 16.0. The number of hydrogen-bond donors (Lipinski definition) is 1. The van der Waals surface area contributed by atoms with Crippen molar-refractivity contribution < 1.29 is 13.9 Å². The third-order valence-electron chi connectivity index (χ3n) is 5.84. The summed E-state index contributed by atoms with van der Waals surface area (Å²) in [6.07, 6.45) is 0.655. The van der Waals surface area contributed by atoms with Crippen molar-refractivity contribution in [3.63, 3.8) is 0 Å². The zero-order chi connectivity index (χ0) is 23.9. The Morgan fingerprint density at radius 1 is 1.09 bits per heavy atom. The molecule has 0 unspecified atom stereocenters. The van der Waals surface area contributed by atoms with Gasteiger partial charge >= 0.3 is 0 Å². The number of amides is 1. The van der Waals surface area contributed by atoms with E-state index in [2.05, 4.69) is 21.2 Å². The van der Waals surface area contributed by atoms with Crippen LogP contribution in [0.15, 0.2) is 48.5 Å². The number of nitriles is 1. The van der Waals surface area contributed by atoms with Crippen molar-refractivity contribution in [1.29, 1.82) is 5.26 Å². The molecular formula is C25H27FN6O2. The number of hydrogen-bond acceptors (Lipinski definition) is 7. The lowest BCUT2D eigenvalue weighted by molar-refractivity contribution is -0.121. The second-order valence-corrected chi connectivity index (χ2v) is 8.07. The highest BCUT2D eigenvalue weighted by molar-refractivity contribution is 5.88. The summed E-state index contributed by atoms with van der Waals surface area (Å²) in [5.74, 6) is -1.18. The number of methoxy groups -OCH3 is 1. The van der Waals surface area contributed by atoms with Crippen LogP contribution in [0.3, 0.4) is 0 Å². The van der Waals surface area contributed by atoms with Crippen LogP contribution in [0.4, 0.5) is 15.9 Å². The highest BCUT2D eigenvalue weighted by Gasteiger charge is 2.30. The molecule has 1 amide bonds. The van der Waals surface area contributed by atoms with Gasteiger partial charge in [0.15, 0.2) is 11.7 Å². The standard InChI is InChI=1S/C25H27FN6O2/c1-34-16-4-11-28-25(33)20(17-27)23-24(30-22-6-3-2-5-21(22)29-23)32-14-12-31(13-15-32)19-9-7-18(26)8-10-19/h2-3,5-10,20H,4,11-16H2,1H3,(H,28,33)/t20-/m0/s1. The van der Waals surface area contributed by atoms with Crippen LogP contribution in [0.1, 0.15) is 18.0 Å². The minimum atomic E-state index is -1.08. The van der Waals surface area contributed by atoms with Gasteiger partial charge in [-0.1, -0.05) is 12.1 Å². The topological polar surface area (TPSA) is 94.4 Å². The average molecular weight is 463 g/mol. The van der Waals surface area contributed by atoms with Gasteiger partial charge in [-0.15, -0.1) is 0 Å². The molecule has 0 bridgehead atoms. The molecule has 0 spiro atoms. The summed E-state index contributed by atoms with van der Waals surface area (Å²) >= 11 is 0. The Hall–Kier alpha value is -3.77. The van der Waals surface area contributed by atoms with E-state index in [9.17, 15) is 14.4 Å². The Morgan fingerprint density at radius 3 is 2.38 bits per heavy atom. The quantitative estimate of drug-likeness (QED) is 0.515. The smallest absolute Gasteiger partial charge is 0.243 e. The van der Waals surface area contributed by atoms with Gasteiger partial charge in [-0.3, -0.25) is 4.79 Å². The number of nitrogens with zero attached hydrogens (tertiary/aromatic N) is 5. The Labute approximate surface area is 198 Å². The van der Waals surface area contributed by atoms with Crippen LogP contribution in [-0.2, 0) is 9.53 Å². The molecule has 1 saturated heterocycles. The number of halogens is 1. The third kappa shape index (κ3) is 5.24. The molecule has 2 heterocycles. The van der Waals surface area contributed by atoms with Gasteiger partial charge in [0.1, 0.15) is 11.5 Å².